The summed E-state index contributed by atoms with van der Waals surface area (Å²) in [5, 5.41) is 13.5. The van der Waals surface area contributed by atoms with E-state index < -0.39 is 0 Å². The van der Waals surface area contributed by atoms with Gasteiger partial charge in [0, 0.05) is 30.9 Å². The van der Waals surface area contributed by atoms with Crippen molar-refractivity contribution in [3.63, 3.8) is 0 Å². The van der Waals surface area contributed by atoms with Crippen LogP contribution in [0.2, 0.25) is 0 Å². The molecular weight excluding hydrogens is 424 g/mol. The molecule has 192 valence electrons. The summed E-state index contributed by atoms with van der Waals surface area (Å²) in [7, 11) is 15.5. The Morgan fingerprint density at radius 1 is 0.812 bits per heavy atom. The summed E-state index contributed by atoms with van der Waals surface area (Å²) in [6, 6.07) is 8.12. The Labute approximate surface area is 202 Å². The van der Waals surface area contributed by atoms with Crippen LogP contribution in [0.3, 0.4) is 0 Å². The molecule has 0 saturated heterocycles. The molecule has 0 aliphatic rings. The molecule has 0 saturated carbocycles. The molecule has 2 N–H and O–H groups in total. The third-order valence-corrected chi connectivity index (χ3v) is 3.29. The van der Waals surface area contributed by atoms with Crippen molar-refractivity contribution in [3.8, 4) is 0 Å². The average Bonchev–Trinajstić information content (AvgIpc) is 3.31. The van der Waals surface area contributed by atoms with Crippen molar-refractivity contribution in [2.75, 3.05) is 63.5 Å². The number of rotatable bonds is 0. The van der Waals surface area contributed by atoms with Gasteiger partial charge in [-0.2, -0.15) is 7.11 Å². The number of urea groups is 1. The highest BCUT2D eigenvalue weighted by Crippen LogP contribution is 2.12. The number of carbonyl (C=O) groups is 1. The number of nitrogens with one attached hydrogen (secondary N) is 2. The van der Waals surface area contributed by atoms with Crippen molar-refractivity contribution in [2.24, 2.45) is 0 Å². The van der Waals surface area contributed by atoms with E-state index in [1.807, 2.05) is 91.3 Å². The molecule has 32 heavy (non-hydrogen) atoms. The van der Waals surface area contributed by atoms with E-state index >= 15 is 0 Å². The molecule has 0 spiro atoms. The Morgan fingerprint density at radius 3 is 1.16 bits per heavy atom. The first-order valence-corrected chi connectivity index (χ1v) is 11.3. The first-order valence-electron chi connectivity index (χ1n) is 10.5. The fraction of sp³-hybridized carbons (Fsp3) is 0.625. The van der Waals surface area contributed by atoms with Gasteiger partial charge < -0.3 is 30.0 Å². The lowest BCUT2D eigenvalue weighted by Crippen LogP contribution is -2.31. The van der Waals surface area contributed by atoms with Gasteiger partial charge in [0.1, 0.15) is 11.5 Å². The topological polar surface area (TPSA) is 83.8 Å². The number of thiophene rings is 1. The number of furan rings is 1. The summed E-state index contributed by atoms with van der Waals surface area (Å²) in [5.41, 5.74) is 0. The summed E-state index contributed by atoms with van der Waals surface area (Å²) in [4.78, 5) is 16.6. The van der Waals surface area contributed by atoms with Crippen molar-refractivity contribution >= 4 is 17.4 Å². The summed E-state index contributed by atoms with van der Waals surface area (Å²) in [6.45, 7) is 12.1. The summed E-state index contributed by atoms with van der Waals surface area (Å²) in [5.74, 6) is 1.97. The number of hydrogen-bond donors (Lipinski definition) is 2. The fourth-order valence-corrected chi connectivity index (χ4v) is 2.12. The van der Waals surface area contributed by atoms with Gasteiger partial charge in [-0.25, -0.2) is 4.79 Å². The van der Waals surface area contributed by atoms with Gasteiger partial charge in [0.2, 0.25) is 0 Å². The van der Waals surface area contributed by atoms with Crippen LogP contribution in [0.5, 0.6) is 0 Å². The molecule has 7 nitrogen and oxygen atoms in total. The summed E-state index contributed by atoms with van der Waals surface area (Å²) < 4.78 is 5.08. The second kappa shape index (κ2) is 31.3. The molecule has 0 atom stereocenters. The zero-order valence-electron chi connectivity index (χ0n) is 23.3. The Bertz CT molecular complexity index is 524. The average molecular weight is 476 g/mol. The third kappa shape index (κ3) is 42.3. The van der Waals surface area contributed by atoms with Gasteiger partial charge in [-0.1, -0.05) is 13.8 Å². The molecule has 8 heteroatoms. The van der Waals surface area contributed by atoms with Gasteiger partial charge in [0.25, 0.3) is 0 Å². The largest absolute Gasteiger partial charge is 0.857 e. The highest BCUT2D eigenvalue weighted by Gasteiger charge is 1.94. The molecule has 0 radical (unpaired) electrons. The number of nitrogens with zero attached hydrogens (tertiary/aromatic N) is 2. The second-order valence-corrected chi connectivity index (χ2v) is 8.10. The molecule has 0 unspecified atom stereocenters. The van der Waals surface area contributed by atoms with Crippen LogP contribution >= 0.6 is 11.3 Å². The van der Waals surface area contributed by atoms with E-state index in [0.717, 1.165) is 18.6 Å². The molecule has 0 fully saturated rings. The predicted octanol–water partition coefficient (Wildman–Crippen LogP) is 4.16. The van der Waals surface area contributed by atoms with Gasteiger partial charge in [-0.05, 0) is 87.2 Å². The van der Waals surface area contributed by atoms with Gasteiger partial charge in [-0.15, -0.1) is 11.3 Å². The van der Waals surface area contributed by atoms with Crippen LogP contribution in [0.15, 0.2) is 28.7 Å². The Balaban J connectivity index is -0.0000000938. The highest BCUT2D eigenvalue weighted by molar-refractivity contribution is 7.11. The SMILES string of the molecule is CC.CN(C)C.CNC.CNC(=O)N(C)C.C[O-].Cc1ccc(C)o1.Cc1ccc(C)s1. The molecule has 2 aromatic rings. The first-order chi connectivity index (χ1) is 14.9. The second-order valence-electron chi connectivity index (χ2n) is 6.60. The van der Waals surface area contributed by atoms with Gasteiger partial charge >= 0.3 is 6.03 Å². The predicted molar refractivity (Wildman–Crippen MR) is 142 cm³/mol. The van der Waals surface area contributed by atoms with E-state index in [4.69, 9.17) is 9.52 Å². The summed E-state index contributed by atoms with van der Waals surface area (Å²) in [6.07, 6.45) is 0. The normalized spacial score (nSPS) is 7.91. The van der Waals surface area contributed by atoms with E-state index in [2.05, 4.69) is 36.6 Å². The lowest BCUT2D eigenvalue weighted by molar-refractivity contribution is -0.325. The van der Waals surface area contributed by atoms with Gasteiger partial charge in [-0.3, -0.25) is 0 Å². The zero-order chi connectivity index (χ0) is 26.7. The van der Waals surface area contributed by atoms with E-state index in [-0.39, 0.29) is 6.03 Å². The van der Waals surface area contributed by atoms with E-state index in [1.54, 1.807) is 21.1 Å². The third-order valence-electron chi connectivity index (χ3n) is 2.37. The molecule has 2 aromatic heterocycles. The lowest BCUT2D eigenvalue weighted by atomic mass is 10.5. The van der Waals surface area contributed by atoms with Crippen LogP contribution in [-0.4, -0.2) is 79.3 Å². The van der Waals surface area contributed by atoms with Crippen LogP contribution in [0, 0.1) is 27.7 Å². The van der Waals surface area contributed by atoms with E-state index in [0.29, 0.717) is 0 Å². The summed E-state index contributed by atoms with van der Waals surface area (Å²) >= 11 is 1.84. The van der Waals surface area contributed by atoms with Crippen LogP contribution in [-0.2, 0) is 0 Å². The number of carbonyl (C=O) groups excluding carboxylic acids is 1. The van der Waals surface area contributed by atoms with Crippen molar-refractivity contribution in [2.45, 2.75) is 41.5 Å². The number of hydrogen-bond acceptors (Lipinski definition) is 6. The Morgan fingerprint density at radius 2 is 1.09 bits per heavy atom. The molecule has 0 bridgehead atoms. The van der Waals surface area contributed by atoms with Gasteiger partial charge in [0.05, 0.1) is 0 Å². The number of amides is 2. The molecule has 2 heterocycles. The van der Waals surface area contributed by atoms with Gasteiger partial charge in [0.15, 0.2) is 0 Å². The lowest BCUT2D eigenvalue weighted by Gasteiger charge is -2.06. The Hall–Kier alpha value is -1.87. The van der Waals surface area contributed by atoms with E-state index in [1.165, 1.54) is 14.7 Å². The fourth-order valence-electron chi connectivity index (χ4n) is 1.34. The minimum atomic E-state index is -0.0694. The standard InChI is InChI=1S/C6H8O.C6H8S.C4H10N2O.C3H9N.C2H7N.C2H6.CH3O/c2*1-5-3-4-6(2)7-5;1-5-4(7)6(2)3;1-4(2)3;1-3-2;2*1-2/h2*3-4H,1-2H3;1-3H3,(H,5,7);1-3H3;3H,1-2H3;1-2H3;1H3/q;;;;;;-1. The van der Waals surface area contributed by atoms with Crippen molar-refractivity contribution in [3.05, 3.63) is 45.5 Å². The van der Waals surface area contributed by atoms with Crippen LogP contribution in [0.25, 0.3) is 0 Å². The smallest absolute Gasteiger partial charge is 0.316 e. The quantitative estimate of drug-likeness (QED) is 0.598. The van der Waals surface area contributed by atoms with Crippen molar-refractivity contribution in [1.82, 2.24) is 20.4 Å². The molecular formula is C24H51N4O3S-. The van der Waals surface area contributed by atoms with Crippen LogP contribution in [0.4, 0.5) is 4.79 Å². The van der Waals surface area contributed by atoms with Crippen LogP contribution in [0.1, 0.15) is 35.1 Å². The monoisotopic (exact) mass is 475 g/mol. The van der Waals surface area contributed by atoms with Crippen LogP contribution < -0.4 is 15.7 Å². The molecule has 0 aliphatic heterocycles. The van der Waals surface area contributed by atoms with Crippen molar-refractivity contribution < 1.29 is 14.3 Å². The molecule has 0 aromatic carbocycles. The maximum Gasteiger partial charge on any atom is 0.316 e. The molecule has 2 amide bonds. The molecule has 0 aliphatic carbocycles. The van der Waals surface area contributed by atoms with Crippen molar-refractivity contribution in [1.29, 1.82) is 0 Å². The first kappa shape index (κ1) is 40.5. The minimum Gasteiger partial charge on any atom is -0.857 e. The Kier molecular flexibility index (Phi) is 39.6. The maximum absolute atomic E-state index is 10.3. The number of aryl methyl sites for hydroxylation is 4. The van der Waals surface area contributed by atoms with E-state index in [9.17, 15) is 4.79 Å². The maximum atomic E-state index is 10.3. The molecule has 2 rings (SSSR count). The highest BCUT2D eigenvalue weighted by atomic mass is 32.1. The minimum absolute atomic E-state index is 0.0694. The zero-order valence-corrected chi connectivity index (χ0v) is 24.2.